The number of hydrogen-bond acceptors (Lipinski definition) is 5. The van der Waals surface area contributed by atoms with Crippen molar-refractivity contribution in [2.24, 2.45) is 0 Å². The molecular weight excluding hydrogens is 346 g/mol. The average Bonchev–Trinajstić information content (AvgIpc) is 2.65. The Morgan fingerprint density at radius 2 is 1.74 bits per heavy atom. The molecule has 0 aliphatic rings. The molecule has 1 atom stereocenters. The maximum Gasteiger partial charge on any atom is 0.338 e. The summed E-state index contributed by atoms with van der Waals surface area (Å²) < 4.78 is 9.82. The fourth-order valence-corrected chi connectivity index (χ4v) is 2.67. The van der Waals surface area contributed by atoms with Gasteiger partial charge in [0.15, 0.2) is 6.61 Å². The molecule has 0 bridgehead atoms. The summed E-state index contributed by atoms with van der Waals surface area (Å²) >= 11 is 0. The van der Waals surface area contributed by atoms with Crippen LogP contribution in [-0.4, -0.2) is 37.6 Å². The van der Waals surface area contributed by atoms with Crippen LogP contribution in [0.2, 0.25) is 0 Å². The predicted molar refractivity (Wildman–Crippen MR) is 100 cm³/mol. The van der Waals surface area contributed by atoms with E-state index in [1.54, 1.807) is 19.1 Å². The molecule has 0 saturated heterocycles. The Bertz CT molecular complexity index is 817. The second-order valence-corrected chi connectivity index (χ2v) is 6.23. The predicted octanol–water partition coefficient (Wildman–Crippen LogP) is 2.36. The summed E-state index contributed by atoms with van der Waals surface area (Å²) in [5.74, 6) is -1.72. The van der Waals surface area contributed by atoms with Gasteiger partial charge in [-0.25, -0.2) is 9.59 Å². The molecule has 0 unspecified atom stereocenters. The Balaban J connectivity index is 1.94. The van der Waals surface area contributed by atoms with Crippen LogP contribution < -0.4 is 5.32 Å². The molecule has 0 aromatic heterocycles. The summed E-state index contributed by atoms with van der Waals surface area (Å²) in [6.07, 6.45) is 0.282. The number of ether oxygens (including phenoxy) is 2. The van der Waals surface area contributed by atoms with E-state index in [9.17, 15) is 14.4 Å². The highest BCUT2D eigenvalue weighted by Crippen LogP contribution is 2.12. The standard InChI is InChI=1S/C21H23NO5/c1-14-9-10-17(15(2)11-14)20(24)27-13-19(23)22-18(21(25)26-3)12-16-7-5-4-6-8-16/h4-11,18H,12-13H2,1-3H3,(H,22,23)/t18-/m1/s1. The van der Waals surface area contributed by atoms with Crippen LogP contribution in [0.5, 0.6) is 0 Å². The summed E-state index contributed by atoms with van der Waals surface area (Å²) in [4.78, 5) is 36.2. The van der Waals surface area contributed by atoms with E-state index in [2.05, 4.69) is 5.32 Å². The van der Waals surface area contributed by atoms with E-state index in [-0.39, 0.29) is 6.42 Å². The van der Waals surface area contributed by atoms with Crippen LogP contribution in [0.3, 0.4) is 0 Å². The monoisotopic (exact) mass is 369 g/mol. The zero-order chi connectivity index (χ0) is 19.8. The first-order valence-electron chi connectivity index (χ1n) is 8.56. The molecule has 2 aromatic carbocycles. The topological polar surface area (TPSA) is 81.7 Å². The van der Waals surface area contributed by atoms with Crippen molar-refractivity contribution in [2.45, 2.75) is 26.3 Å². The summed E-state index contributed by atoms with van der Waals surface area (Å²) in [5, 5.41) is 2.56. The first kappa shape index (κ1) is 20.2. The van der Waals surface area contributed by atoms with Gasteiger partial charge in [0.1, 0.15) is 6.04 Å². The van der Waals surface area contributed by atoms with Gasteiger partial charge < -0.3 is 14.8 Å². The van der Waals surface area contributed by atoms with Crippen LogP contribution in [-0.2, 0) is 25.5 Å². The molecule has 0 saturated carbocycles. The van der Waals surface area contributed by atoms with Crippen molar-refractivity contribution in [3.63, 3.8) is 0 Å². The molecule has 0 heterocycles. The highest BCUT2D eigenvalue weighted by atomic mass is 16.5. The number of rotatable bonds is 7. The van der Waals surface area contributed by atoms with E-state index in [4.69, 9.17) is 9.47 Å². The first-order chi connectivity index (χ1) is 12.9. The Morgan fingerprint density at radius 3 is 2.37 bits per heavy atom. The quantitative estimate of drug-likeness (QED) is 0.758. The van der Waals surface area contributed by atoms with Gasteiger partial charge in [-0.3, -0.25) is 4.79 Å². The SMILES string of the molecule is COC(=O)[C@@H](Cc1ccccc1)NC(=O)COC(=O)c1ccc(C)cc1C. The van der Waals surface area contributed by atoms with Crippen LogP contribution in [0.4, 0.5) is 0 Å². The minimum Gasteiger partial charge on any atom is -0.467 e. The van der Waals surface area contributed by atoms with Gasteiger partial charge in [0, 0.05) is 6.42 Å². The van der Waals surface area contributed by atoms with Crippen LogP contribution in [0, 0.1) is 13.8 Å². The Kier molecular flexibility index (Phi) is 7.11. The lowest BCUT2D eigenvalue weighted by Crippen LogP contribution is -2.44. The maximum absolute atomic E-state index is 12.2. The minimum absolute atomic E-state index is 0.282. The maximum atomic E-state index is 12.2. The van der Waals surface area contributed by atoms with Gasteiger partial charge in [0.05, 0.1) is 12.7 Å². The molecule has 0 aliphatic heterocycles. The zero-order valence-electron chi connectivity index (χ0n) is 15.7. The van der Waals surface area contributed by atoms with Gasteiger partial charge >= 0.3 is 11.9 Å². The molecule has 0 radical (unpaired) electrons. The molecule has 27 heavy (non-hydrogen) atoms. The third-order valence-electron chi connectivity index (χ3n) is 4.04. The summed E-state index contributed by atoms with van der Waals surface area (Å²) in [6, 6.07) is 13.7. The lowest BCUT2D eigenvalue weighted by molar-refractivity contribution is -0.145. The van der Waals surface area contributed by atoms with Crippen molar-refractivity contribution in [1.82, 2.24) is 5.32 Å². The van der Waals surface area contributed by atoms with E-state index < -0.39 is 30.5 Å². The average molecular weight is 369 g/mol. The van der Waals surface area contributed by atoms with Crippen molar-refractivity contribution in [2.75, 3.05) is 13.7 Å². The number of aryl methyl sites for hydroxylation is 2. The summed E-state index contributed by atoms with van der Waals surface area (Å²) in [6.45, 7) is 3.25. The van der Waals surface area contributed by atoms with Crippen LogP contribution in [0.25, 0.3) is 0 Å². The Hall–Kier alpha value is -3.15. The van der Waals surface area contributed by atoms with Gasteiger partial charge in [-0.1, -0.05) is 48.0 Å². The van der Waals surface area contributed by atoms with Gasteiger partial charge in [-0.15, -0.1) is 0 Å². The molecule has 6 heteroatoms. The lowest BCUT2D eigenvalue weighted by atomic mass is 10.1. The number of hydrogen-bond donors (Lipinski definition) is 1. The third-order valence-corrected chi connectivity index (χ3v) is 4.04. The molecule has 1 N–H and O–H groups in total. The van der Waals surface area contributed by atoms with Gasteiger partial charge in [-0.05, 0) is 31.0 Å². The lowest BCUT2D eigenvalue weighted by Gasteiger charge is -2.16. The van der Waals surface area contributed by atoms with Crippen molar-refractivity contribution in [1.29, 1.82) is 0 Å². The molecule has 2 rings (SSSR count). The number of carbonyl (C=O) groups excluding carboxylic acids is 3. The molecule has 1 amide bonds. The second kappa shape index (κ2) is 9.52. The number of amides is 1. The number of carbonyl (C=O) groups is 3. The normalized spacial score (nSPS) is 11.4. The van der Waals surface area contributed by atoms with E-state index >= 15 is 0 Å². The fraction of sp³-hybridized carbons (Fsp3) is 0.286. The Morgan fingerprint density at radius 1 is 1.04 bits per heavy atom. The molecule has 142 valence electrons. The first-order valence-corrected chi connectivity index (χ1v) is 8.56. The van der Waals surface area contributed by atoms with Crippen molar-refractivity contribution >= 4 is 17.8 Å². The van der Waals surface area contributed by atoms with Gasteiger partial charge in [0.25, 0.3) is 5.91 Å². The molecule has 2 aromatic rings. The molecule has 0 fully saturated rings. The van der Waals surface area contributed by atoms with E-state index in [1.165, 1.54) is 7.11 Å². The fourth-order valence-electron chi connectivity index (χ4n) is 2.67. The summed E-state index contributed by atoms with van der Waals surface area (Å²) in [7, 11) is 1.26. The number of nitrogens with one attached hydrogen (secondary N) is 1. The highest BCUT2D eigenvalue weighted by Gasteiger charge is 2.22. The molecule has 6 nitrogen and oxygen atoms in total. The Labute approximate surface area is 158 Å². The van der Waals surface area contributed by atoms with Crippen molar-refractivity contribution < 1.29 is 23.9 Å². The highest BCUT2D eigenvalue weighted by molar-refractivity contribution is 5.93. The van der Waals surface area contributed by atoms with Crippen molar-refractivity contribution in [3.05, 3.63) is 70.8 Å². The third kappa shape index (κ3) is 5.95. The zero-order valence-corrected chi connectivity index (χ0v) is 15.7. The molecule has 0 aliphatic carbocycles. The number of benzene rings is 2. The van der Waals surface area contributed by atoms with Crippen LogP contribution in [0.1, 0.15) is 27.0 Å². The molecule has 0 spiro atoms. The number of methoxy groups -OCH3 is 1. The van der Waals surface area contributed by atoms with E-state index in [1.807, 2.05) is 43.3 Å². The minimum atomic E-state index is -0.857. The van der Waals surface area contributed by atoms with Gasteiger partial charge in [0.2, 0.25) is 0 Å². The van der Waals surface area contributed by atoms with E-state index in [0.717, 1.165) is 16.7 Å². The van der Waals surface area contributed by atoms with Crippen LogP contribution >= 0.6 is 0 Å². The van der Waals surface area contributed by atoms with Crippen LogP contribution in [0.15, 0.2) is 48.5 Å². The van der Waals surface area contributed by atoms with E-state index in [0.29, 0.717) is 5.56 Å². The second-order valence-electron chi connectivity index (χ2n) is 6.23. The largest absolute Gasteiger partial charge is 0.467 e. The summed E-state index contributed by atoms with van der Waals surface area (Å²) in [5.41, 5.74) is 3.09. The molecular formula is C21H23NO5. The van der Waals surface area contributed by atoms with Gasteiger partial charge in [-0.2, -0.15) is 0 Å². The number of esters is 2. The van der Waals surface area contributed by atoms with Crippen molar-refractivity contribution in [3.8, 4) is 0 Å². The smallest absolute Gasteiger partial charge is 0.338 e.